The average molecular weight is 180 g/mol. The Morgan fingerprint density at radius 1 is 1.46 bits per heavy atom. The van der Waals surface area contributed by atoms with Crippen LogP contribution in [0, 0.1) is 0 Å². The number of hydrogen-bond donors (Lipinski definition) is 3. The van der Waals surface area contributed by atoms with Gasteiger partial charge < -0.3 is 15.2 Å². The normalized spacial score (nSPS) is 37.2. The first-order chi connectivity index (χ1) is 6.14. The molecule has 0 aliphatic heterocycles. The van der Waals surface area contributed by atoms with E-state index in [0.29, 0.717) is 6.42 Å². The summed E-state index contributed by atoms with van der Waals surface area (Å²) in [7, 11) is -1.47. The highest BCUT2D eigenvalue weighted by atomic mass is 16.4. The maximum absolute atomic E-state index is 10.2. The molecular weight excluding hydrogens is 167 g/mol. The third-order valence-corrected chi connectivity index (χ3v) is 3.05. The van der Waals surface area contributed by atoms with Gasteiger partial charge in [0.05, 0.1) is 5.60 Å². The standard InChI is InChI=1S/C9H13BO3/c11-9-6-2-4-7(9)3-1-5-8(9)10(12)13/h1,3,5,8,11-13H,2,4,6H2. The van der Waals surface area contributed by atoms with Crippen molar-refractivity contribution in [2.75, 3.05) is 0 Å². The molecule has 2 unspecified atom stereocenters. The van der Waals surface area contributed by atoms with Gasteiger partial charge >= 0.3 is 7.12 Å². The molecule has 1 fully saturated rings. The minimum absolute atomic E-state index is 0.560. The van der Waals surface area contributed by atoms with Crippen molar-refractivity contribution in [2.24, 2.45) is 0 Å². The van der Waals surface area contributed by atoms with E-state index in [4.69, 9.17) is 10.0 Å². The van der Waals surface area contributed by atoms with Gasteiger partial charge in [-0.25, -0.2) is 0 Å². The van der Waals surface area contributed by atoms with Crippen molar-refractivity contribution in [2.45, 2.75) is 30.7 Å². The second kappa shape index (κ2) is 2.98. The lowest BCUT2D eigenvalue weighted by Crippen LogP contribution is -2.41. The van der Waals surface area contributed by atoms with Crippen molar-refractivity contribution in [1.29, 1.82) is 0 Å². The van der Waals surface area contributed by atoms with Crippen LogP contribution >= 0.6 is 0 Å². The van der Waals surface area contributed by atoms with Crippen LogP contribution in [0.2, 0.25) is 5.82 Å². The maximum Gasteiger partial charge on any atom is 0.462 e. The fraction of sp³-hybridized carbons (Fsp3) is 0.556. The predicted octanol–water partition coefficient (Wildman–Crippen LogP) is 0.241. The monoisotopic (exact) mass is 180 g/mol. The first-order valence-corrected chi connectivity index (χ1v) is 4.61. The van der Waals surface area contributed by atoms with E-state index in [2.05, 4.69) is 0 Å². The minimum atomic E-state index is -1.47. The lowest BCUT2D eigenvalue weighted by molar-refractivity contribution is 0.0774. The third-order valence-electron chi connectivity index (χ3n) is 3.05. The molecule has 0 radical (unpaired) electrons. The van der Waals surface area contributed by atoms with E-state index < -0.39 is 18.5 Å². The van der Waals surface area contributed by atoms with Crippen molar-refractivity contribution >= 4 is 7.12 Å². The molecule has 0 heterocycles. The molecule has 0 saturated heterocycles. The van der Waals surface area contributed by atoms with Crippen molar-refractivity contribution < 1.29 is 15.2 Å². The molecule has 2 aliphatic carbocycles. The SMILES string of the molecule is OB(O)C1C=CC=C2CCCC21O. The maximum atomic E-state index is 10.2. The first-order valence-electron chi connectivity index (χ1n) is 4.61. The number of aliphatic hydroxyl groups is 1. The summed E-state index contributed by atoms with van der Waals surface area (Å²) in [5.74, 6) is -0.560. The first kappa shape index (κ1) is 9.00. The Labute approximate surface area is 77.5 Å². The van der Waals surface area contributed by atoms with Crippen LogP contribution in [0.25, 0.3) is 0 Å². The van der Waals surface area contributed by atoms with Gasteiger partial charge in [0.25, 0.3) is 0 Å². The van der Waals surface area contributed by atoms with Gasteiger partial charge in [-0.1, -0.05) is 18.2 Å². The minimum Gasteiger partial charge on any atom is -0.427 e. The van der Waals surface area contributed by atoms with Crippen LogP contribution in [-0.4, -0.2) is 27.9 Å². The largest absolute Gasteiger partial charge is 0.462 e. The third kappa shape index (κ3) is 1.26. The summed E-state index contributed by atoms with van der Waals surface area (Å²) in [6.45, 7) is 0. The number of allylic oxidation sites excluding steroid dienone is 2. The van der Waals surface area contributed by atoms with E-state index in [0.717, 1.165) is 18.4 Å². The molecule has 0 amide bonds. The summed E-state index contributed by atoms with van der Waals surface area (Å²) in [5, 5.41) is 28.4. The Morgan fingerprint density at radius 3 is 2.92 bits per heavy atom. The topological polar surface area (TPSA) is 60.7 Å². The van der Waals surface area contributed by atoms with Crippen LogP contribution in [0.4, 0.5) is 0 Å². The molecule has 70 valence electrons. The number of fused-ring (bicyclic) bond motifs is 1. The van der Waals surface area contributed by atoms with Gasteiger partial charge in [0.15, 0.2) is 0 Å². The second-order valence-electron chi connectivity index (χ2n) is 3.79. The molecule has 3 nitrogen and oxygen atoms in total. The van der Waals surface area contributed by atoms with Crippen LogP contribution in [0.5, 0.6) is 0 Å². The fourth-order valence-electron chi connectivity index (χ4n) is 2.33. The smallest absolute Gasteiger partial charge is 0.427 e. The van der Waals surface area contributed by atoms with Gasteiger partial charge in [0, 0.05) is 5.82 Å². The summed E-state index contributed by atoms with van der Waals surface area (Å²) >= 11 is 0. The fourth-order valence-corrected chi connectivity index (χ4v) is 2.33. The van der Waals surface area contributed by atoms with E-state index in [1.54, 1.807) is 12.2 Å². The van der Waals surface area contributed by atoms with Gasteiger partial charge in [0.2, 0.25) is 0 Å². The highest BCUT2D eigenvalue weighted by molar-refractivity contribution is 6.44. The van der Waals surface area contributed by atoms with E-state index in [1.807, 2.05) is 6.08 Å². The van der Waals surface area contributed by atoms with E-state index in [1.165, 1.54) is 0 Å². The molecular formula is C9H13BO3. The van der Waals surface area contributed by atoms with E-state index in [9.17, 15) is 5.11 Å². The molecule has 2 aliphatic rings. The highest BCUT2D eigenvalue weighted by Gasteiger charge is 2.47. The number of rotatable bonds is 1. The Balaban J connectivity index is 2.33. The molecule has 0 spiro atoms. The molecule has 2 rings (SSSR count). The highest BCUT2D eigenvalue weighted by Crippen LogP contribution is 2.46. The molecule has 0 bridgehead atoms. The second-order valence-corrected chi connectivity index (χ2v) is 3.79. The summed E-state index contributed by atoms with van der Waals surface area (Å²) in [4.78, 5) is 0. The molecule has 1 saturated carbocycles. The van der Waals surface area contributed by atoms with Gasteiger partial charge in [0.1, 0.15) is 0 Å². The predicted molar refractivity (Wildman–Crippen MR) is 50.0 cm³/mol. The van der Waals surface area contributed by atoms with Gasteiger partial charge in [-0.15, -0.1) is 0 Å². The Hall–Kier alpha value is -0.575. The zero-order valence-electron chi connectivity index (χ0n) is 7.35. The van der Waals surface area contributed by atoms with E-state index in [-0.39, 0.29) is 0 Å². The molecule has 0 aromatic rings. The Bertz CT molecular complexity index is 272. The molecule has 0 aromatic carbocycles. The van der Waals surface area contributed by atoms with Crippen molar-refractivity contribution in [1.82, 2.24) is 0 Å². The summed E-state index contributed by atoms with van der Waals surface area (Å²) in [6.07, 6.45) is 7.76. The lowest BCUT2D eigenvalue weighted by atomic mass is 9.60. The van der Waals surface area contributed by atoms with Gasteiger partial charge in [-0.3, -0.25) is 0 Å². The van der Waals surface area contributed by atoms with Crippen LogP contribution < -0.4 is 0 Å². The zero-order chi connectivity index (χ0) is 9.47. The lowest BCUT2D eigenvalue weighted by Gasteiger charge is -2.33. The van der Waals surface area contributed by atoms with Crippen LogP contribution in [0.1, 0.15) is 19.3 Å². The molecule has 0 aromatic heterocycles. The van der Waals surface area contributed by atoms with Crippen molar-refractivity contribution in [3.05, 3.63) is 23.8 Å². The molecule has 13 heavy (non-hydrogen) atoms. The quantitative estimate of drug-likeness (QED) is 0.506. The van der Waals surface area contributed by atoms with Gasteiger partial charge in [-0.05, 0) is 24.8 Å². The summed E-state index contributed by atoms with van der Waals surface area (Å²) in [6, 6.07) is 0. The Morgan fingerprint density at radius 2 is 2.23 bits per heavy atom. The summed E-state index contributed by atoms with van der Waals surface area (Å²) in [5.41, 5.74) is -0.0591. The zero-order valence-corrected chi connectivity index (χ0v) is 7.35. The Kier molecular flexibility index (Phi) is 2.06. The van der Waals surface area contributed by atoms with Crippen LogP contribution in [-0.2, 0) is 0 Å². The van der Waals surface area contributed by atoms with Gasteiger partial charge in [-0.2, -0.15) is 0 Å². The molecule has 3 N–H and O–H groups in total. The molecule has 4 heteroatoms. The van der Waals surface area contributed by atoms with Crippen molar-refractivity contribution in [3.63, 3.8) is 0 Å². The number of hydrogen-bond acceptors (Lipinski definition) is 3. The van der Waals surface area contributed by atoms with Crippen LogP contribution in [0.15, 0.2) is 23.8 Å². The molecule has 2 atom stereocenters. The van der Waals surface area contributed by atoms with Crippen LogP contribution in [0.3, 0.4) is 0 Å². The average Bonchev–Trinajstić information content (AvgIpc) is 2.44. The summed E-state index contributed by atoms with van der Waals surface area (Å²) < 4.78 is 0. The van der Waals surface area contributed by atoms with E-state index >= 15 is 0 Å². The van der Waals surface area contributed by atoms with Crippen molar-refractivity contribution in [3.8, 4) is 0 Å².